The van der Waals surface area contributed by atoms with Crippen molar-refractivity contribution >= 4 is 45.7 Å². The Balaban J connectivity index is 0.00000441. The van der Waals surface area contributed by atoms with Gasteiger partial charge in [-0.15, -0.1) is 12.4 Å². The average molecular weight is 611 g/mol. The first-order valence-corrected chi connectivity index (χ1v) is 15.9. The molecular formula is C30H41Cl2N3O4S. The first-order chi connectivity index (χ1) is 18.3. The summed E-state index contributed by atoms with van der Waals surface area (Å²) < 4.78 is 23.5. The lowest BCUT2D eigenvalue weighted by Gasteiger charge is -2.38. The van der Waals surface area contributed by atoms with Gasteiger partial charge in [0.15, 0.2) is 9.84 Å². The number of nitrogens with zero attached hydrogens (tertiary/aromatic N) is 2. The summed E-state index contributed by atoms with van der Waals surface area (Å²) in [5, 5.41) is 3.86. The minimum atomic E-state index is -3.24. The third-order valence-corrected chi connectivity index (χ3v) is 9.61. The van der Waals surface area contributed by atoms with Gasteiger partial charge in [0.05, 0.1) is 16.4 Å². The highest BCUT2D eigenvalue weighted by Crippen LogP contribution is 2.42. The molecule has 1 unspecified atom stereocenters. The summed E-state index contributed by atoms with van der Waals surface area (Å²) in [7, 11) is -3.24. The van der Waals surface area contributed by atoms with E-state index in [0.717, 1.165) is 63.0 Å². The molecule has 40 heavy (non-hydrogen) atoms. The fraction of sp³-hybridized carbons (Fsp3) is 0.533. The number of rotatable bonds is 8. The normalized spacial score (nSPS) is 18.4. The maximum atomic E-state index is 13.5. The molecule has 0 radical (unpaired) electrons. The van der Waals surface area contributed by atoms with Crippen molar-refractivity contribution in [1.29, 1.82) is 0 Å². The van der Waals surface area contributed by atoms with Gasteiger partial charge in [0.25, 0.3) is 0 Å². The van der Waals surface area contributed by atoms with Crippen LogP contribution in [0.2, 0.25) is 5.02 Å². The predicted molar refractivity (Wildman–Crippen MR) is 161 cm³/mol. The summed E-state index contributed by atoms with van der Waals surface area (Å²) in [6, 6.07) is 14.3. The summed E-state index contributed by atoms with van der Waals surface area (Å²) in [6.07, 6.45) is 4.43. The van der Waals surface area contributed by atoms with Crippen molar-refractivity contribution in [3.05, 3.63) is 64.7 Å². The van der Waals surface area contributed by atoms with E-state index in [1.807, 2.05) is 49.9 Å². The number of hydrogen-bond donors (Lipinski definition) is 1. The van der Waals surface area contributed by atoms with Gasteiger partial charge >= 0.3 is 0 Å². The molecule has 0 aliphatic carbocycles. The van der Waals surface area contributed by atoms with E-state index in [0.29, 0.717) is 11.6 Å². The van der Waals surface area contributed by atoms with E-state index >= 15 is 0 Å². The Hall–Kier alpha value is -2.13. The molecule has 2 aromatic rings. The summed E-state index contributed by atoms with van der Waals surface area (Å²) in [4.78, 5) is 30.9. The molecule has 10 heteroatoms. The molecule has 0 aromatic heterocycles. The molecular weight excluding hydrogens is 569 g/mol. The summed E-state index contributed by atoms with van der Waals surface area (Å²) >= 11 is 6.50. The van der Waals surface area contributed by atoms with Gasteiger partial charge in [-0.05, 0) is 68.1 Å². The zero-order valence-corrected chi connectivity index (χ0v) is 26.2. The molecule has 2 fully saturated rings. The van der Waals surface area contributed by atoms with E-state index in [4.69, 9.17) is 11.6 Å². The first kappa shape index (κ1) is 32.4. The van der Waals surface area contributed by atoms with E-state index < -0.39 is 15.3 Å². The predicted octanol–water partition coefficient (Wildman–Crippen LogP) is 5.27. The number of piperidine rings is 1. The second-order valence-electron chi connectivity index (χ2n) is 12.1. The SMILES string of the molecule is CC(C)(C)C(=O)NC(CCN1CCC2(CC1)CCN(Cc1ccc(S(C)(=O)=O)cc1)C2=O)c1ccccc1Cl.Cl. The van der Waals surface area contributed by atoms with Crippen LogP contribution in [-0.2, 0) is 26.0 Å². The topological polar surface area (TPSA) is 86.8 Å². The van der Waals surface area contributed by atoms with E-state index in [2.05, 4.69) is 10.2 Å². The molecule has 2 aromatic carbocycles. The van der Waals surface area contributed by atoms with E-state index in [1.54, 1.807) is 24.3 Å². The Kier molecular flexibility index (Phi) is 10.4. The molecule has 1 atom stereocenters. The second kappa shape index (κ2) is 12.8. The minimum Gasteiger partial charge on any atom is -0.349 e. The van der Waals surface area contributed by atoms with Gasteiger partial charge in [-0.2, -0.15) is 0 Å². The van der Waals surface area contributed by atoms with Crippen molar-refractivity contribution in [2.24, 2.45) is 10.8 Å². The van der Waals surface area contributed by atoms with Gasteiger partial charge in [-0.1, -0.05) is 62.7 Å². The molecule has 2 amide bonds. The van der Waals surface area contributed by atoms with Gasteiger partial charge in [0.1, 0.15) is 0 Å². The quantitative estimate of drug-likeness (QED) is 0.440. The molecule has 2 heterocycles. The Labute approximate surface area is 250 Å². The van der Waals surface area contributed by atoms with Crippen LogP contribution in [0.25, 0.3) is 0 Å². The second-order valence-corrected chi connectivity index (χ2v) is 14.5. The molecule has 1 spiro atoms. The highest BCUT2D eigenvalue weighted by Gasteiger charge is 2.47. The third kappa shape index (κ3) is 7.58. The molecule has 220 valence electrons. The molecule has 0 saturated carbocycles. The van der Waals surface area contributed by atoms with Crippen LogP contribution in [0.3, 0.4) is 0 Å². The third-order valence-electron chi connectivity index (χ3n) is 8.14. The van der Waals surface area contributed by atoms with Crippen molar-refractivity contribution in [2.75, 3.05) is 32.4 Å². The summed E-state index contributed by atoms with van der Waals surface area (Å²) in [6.45, 7) is 9.42. The average Bonchev–Trinajstić information content (AvgIpc) is 3.17. The summed E-state index contributed by atoms with van der Waals surface area (Å²) in [5.74, 6) is 0.202. The van der Waals surface area contributed by atoms with Gasteiger partial charge < -0.3 is 15.1 Å². The van der Waals surface area contributed by atoms with Gasteiger partial charge in [0, 0.05) is 36.3 Å². The Bertz CT molecular complexity index is 1300. The smallest absolute Gasteiger partial charge is 0.229 e. The fourth-order valence-electron chi connectivity index (χ4n) is 5.52. The summed E-state index contributed by atoms with van der Waals surface area (Å²) in [5.41, 5.74) is 1.05. The molecule has 2 aliphatic rings. The zero-order chi connectivity index (χ0) is 28.4. The van der Waals surface area contributed by atoms with E-state index in [9.17, 15) is 18.0 Å². The van der Waals surface area contributed by atoms with E-state index in [1.165, 1.54) is 6.26 Å². The Morgan fingerprint density at radius 2 is 1.62 bits per heavy atom. The fourth-order valence-corrected chi connectivity index (χ4v) is 6.42. The molecule has 2 aliphatic heterocycles. The van der Waals surface area contributed by atoms with Crippen molar-refractivity contribution in [2.45, 2.75) is 63.9 Å². The maximum absolute atomic E-state index is 13.5. The van der Waals surface area contributed by atoms with Crippen LogP contribution in [0, 0.1) is 10.8 Å². The lowest BCUT2D eigenvalue weighted by atomic mass is 9.77. The zero-order valence-electron chi connectivity index (χ0n) is 23.8. The highest BCUT2D eigenvalue weighted by atomic mass is 35.5. The van der Waals surface area contributed by atoms with Crippen LogP contribution >= 0.6 is 24.0 Å². The number of hydrogen-bond acceptors (Lipinski definition) is 5. The number of carbonyl (C=O) groups excluding carboxylic acids is 2. The van der Waals surface area contributed by atoms with Crippen LogP contribution in [0.5, 0.6) is 0 Å². The lowest BCUT2D eigenvalue weighted by Crippen LogP contribution is -2.45. The highest BCUT2D eigenvalue weighted by molar-refractivity contribution is 7.90. The number of carbonyl (C=O) groups is 2. The molecule has 2 saturated heterocycles. The number of nitrogens with one attached hydrogen (secondary N) is 1. The Morgan fingerprint density at radius 3 is 2.20 bits per heavy atom. The molecule has 7 nitrogen and oxygen atoms in total. The number of halogens is 2. The van der Waals surface area contributed by atoms with Crippen molar-refractivity contribution in [3.63, 3.8) is 0 Å². The van der Waals surface area contributed by atoms with Crippen LogP contribution < -0.4 is 5.32 Å². The van der Waals surface area contributed by atoms with Gasteiger partial charge in [-0.25, -0.2) is 8.42 Å². The van der Waals surface area contributed by atoms with Crippen molar-refractivity contribution in [3.8, 4) is 0 Å². The maximum Gasteiger partial charge on any atom is 0.229 e. The first-order valence-electron chi connectivity index (χ1n) is 13.6. The monoisotopic (exact) mass is 609 g/mol. The standard InChI is InChI=1S/C30H40ClN3O4S.ClH/c1-29(2,3)27(35)32-26(24-7-5-6-8-25(24)31)13-17-33-18-14-30(15-19-33)16-20-34(28(30)36)21-22-9-11-23(12-10-22)39(4,37)38;/h5-12,26H,13-21H2,1-4H3,(H,32,35);1H. The van der Waals surface area contributed by atoms with Gasteiger partial charge in [0.2, 0.25) is 11.8 Å². The number of amides is 2. The molecule has 0 bridgehead atoms. The molecule has 4 rings (SSSR count). The molecule has 1 N–H and O–H groups in total. The largest absolute Gasteiger partial charge is 0.349 e. The van der Waals surface area contributed by atoms with Gasteiger partial charge in [-0.3, -0.25) is 9.59 Å². The van der Waals surface area contributed by atoms with Crippen molar-refractivity contribution < 1.29 is 18.0 Å². The Morgan fingerprint density at radius 1 is 1.02 bits per heavy atom. The van der Waals surface area contributed by atoms with Crippen LogP contribution in [0.1, 0.15) is 63.6 Å². The van der Waals surface area contributed by atoms with Crippen molar-refractivity contribution in [1.82, 2.24) is 15.1 Å². The number of likely N-dealkylation sites (tertiary alicyclic amines) is 2. The number of benzene rings is 2. The lowest BCUT2D eigenvalue weighted by molar-refractivity contribution is -0.139. The number of sulfone groups is 1. The van der Waals surface area contributed by atoms with E-state index in [-0.39, 0.29) is 40.6 Å². The van der Waals surface area contributed by atoms with Crippen LogP contribution in [0.15, 0.2) is 53.4 Å². The van der Waals surface area contributed by atoms with Crippen LogP contribution in [0.4, 0.5) is 0 Å². The van der Waals surface area contributed by atoms with Crippen LogP contribution in [-0.4, -0.2) is 62.5 Å². The minimum absolute atomic E-state index is 0.